The first-order valence-electron chi connectivity index (χ1n) is 13.1. The minimum absolute atomic E-state index is 0.103. The lowest BCUT2D eigenvalue weighted by Crippen LogP contribution is -2.46. The van der Waals surface area contributed by atoms with Crippen molar-refractivity contribution in [3.63, 3.8) is 0 Å². The van der Waals surface area contributed by atoms with Crippen molar-refractivity contribution in [2.24, 2.45) is 0 Å². The van der Waals surface area contributed by atoms with Crippen LogP contribution in [0, 0.1) is 6.92 Å². The number of imidazole rings is 1. The van der Waals surface area contributed by atoms with Crippen molar-refractivity contribution in [3.05, 3.63) is 90.3 Å². The number of carbonyl (C=O) groups is 2. The molecule has 1 aliphatic rings. The van der Waals surface area contributed by atoms with Crippen LogP contribution in [0.4, 0.5) is 10.5 Å². The molecule has 0 unspecified atom stereocenters. The van der Waals surface area contributed by atoms with Crippen LogP contribution in [0.5, 0.6) is 5.75 Å². The lowest BCUT2D eigenvalue weighted by molar-refractivity contribution is 0.102. The Morgan fingerprint density at radius 3 is 2.62 bits per heavy atom. The van der Waals surface area contributed by atoms with E-state index in [-0.39, 0.29) is 11.9 Å². The number of carbonyl (C=O) groups excluding carboxylic acids is 1. The molecular formula is C30H32N6O4. The molecular weight excluding hydrogens is 508 g/mol. The third-order valence-corrected chi connectivity index (χ3v) is 6.90. The van der Waals surface area contributed by atoms with Crippen LogP contribution in [-0.4, -0.2) is 62.8 Å². The van der Waals surface area contributed by atoms with E-state index in [1.54, 1.807) is 25.7 Å². The number of pyridine rings is 1. The summed E-state index contributed by atoms with van der Waals surface area (Å²) < 4.78 is 7.16. The number of piperidine rings is 1. The van der Waals surface area contributed by atoms with Crippen LogP contribution in [0.25, 0.3) is 16.8 Å². The van der Waals surface area contributed by atoms with Gasteiger partial charge in [-0.15, -0.1) is 0 Å². The molecule has 0 spiro atoms. The van der Waals surface area contributed by atoms with Gasteiger partial charge in [-0.05, 0) is 85.5 Å². The van der Waals surface area contributed by atoms with Gasteiger partial charge in [0.25, 0.3) is 5.91 Å². The molecule has 40 heavy (non-hydrogen) atoms. The fourth-order valence-electron chi connectivity index (χ4n) is 5.01. The van der Waals surface area contributed by atoms with Gasteiger partial charge in [-0.1, -0.05) is 12.1 Å². The standard InChI is InChI=1S/C30H32N6O4/c1-20-16-36(19-32-20)26-13-21(17-35-11-3-4-24(18-35)34-30(38)39)12-25(15-26)33-29(37)28-14-23(9-10-31-28)22-5-7-27(40-2)8-6-22/h5-10,12-16,19,24,34H,3-4,11,17-18H2,1-2H3,(H,33,37)(H,38,39)/t24-/m0/s1. The number of nitrogens with one attached hydrogen (secondary N) is 2. The van der Waals surface area contributed by atoms with E-state index < -0.39 is 6.09 Å². The maximum absolute atomic E-state index is 13.3. The zero-order chi connectivity index (χ0) is 28.1. The highest BCUT2D eigenvalue weighted by Crippen LogP contribution is 2.25. The molecule has 10 heteroatoms. The predicted molar refractivity (Wildman–Crippen MR) is 152 cm³/mol. The molecule has 4 aromatic rings. The highest BCUT2D eigenvalue weighted by atomic mass is 16.5. The summed E-state index contributed by atoms with van der Waals surface area (Å²) in [6.07, 6.45) is 6.03. The highest BCUT2D eigenvalue weighted by Gasteiger charge is 2.22. The third-order valence-electron chi connectivity index (χ3n) is 6.90. The Morgan fingerprint density at radius 1 is 1.07 bits per heavy atom. The fraction of sp³-hybridized carbons (Fsp3) is 0.267. The topological polar surface area (TPSA) is 122 Å². The zero-order valence-corrected chi connectivity index (χ0v) is 22.5. The van der Waals surface area contributed by atoms with Gasteiger partial charge in [-0.3, -0.25) is 14.7 Å². The molecule has 1 atom stereocenters. The van der Waals surface area contributed by atoms with Crippen LogP contribution in [-0.2, 0) is 6.54 Å². The second kappa shape index (κ2) is 12.0. The van der Waals surface area contributed by atoms with E-state index in [1.807, 2.05) is 60.2 Å². The van der Waals surface area contributed by atoms with Crippen LogP contribution in [0.15, 0.2) is 73.3 Å². The summed E-state index contributed by atoms with van der Waals surface area (Å²) in [5.41, 5.74) is 5.51. The largest absolute Gasteiger partial charge is 0.497 e. The molecule has 5 rings (SSSR count). The number of ether oxygens (including phenoxy) is 1. The second-order valence-corrected chi connectivity index (χ2v) is 9.95. The quantitative estimate of drug-likeness (QED) is 0.295. The average Bonchev–Trinajstić information content (AvgIpc) is 3.39. The van der Waals surface area contributed by atoms with Crippen LogP contribution < -0.4 is 15.4 Å². The molecule has 206 valence electrons. The number of likely N-dealkylation sites (tertiary alicyclic amines) is 1. The van der Waals surface area contributed by atoms with Crippen molar-refractivity contribution >= 4 is 17.7 Å². The number of hydrogen-bond acceptors (Lipinski definition) is 6. The number of aryl methyl sites for hydroxylation is 1. The molecule has 2 aromatic heterocycles. The van der Waals surface area contributed by atoms with Crippen LogP contribution in [0.3, 0.4) is 0 Å². The van der Waals surface area contributed by atoms with Crippen LogP contribution in [0.2, 0.25) is 0 Å². The normalized spacial score (nSPS) is 15.4. The molecule has 1 aliphatic heterocycles. The minimum Gasteiger partial charge on any atom is -0.497 e. The summed E-state index contributed by atoms with van der Waals surface area (Å²) in [7, 11) is 1.62. The number of methoxy groups -OCH3 is 1. The summed E-state index contributed by atoms with van der Waals surface area (Å²) in [6, 6.07) is 17.1. The van der Waals surface area contributed by atoms with Gasteiger partial charge in [0.15, 0.2) is 0 Å². The minimum atomic E-state index is -1.00. The van der Waals surface area contributed by atoms with Crippen molar-refractivity contribution < 1.29 is 19.4 Å². The maximum Gasteiger partial charge on any atom is 0.404 e. The van der Waals surface area contributed by atoms with Gasteiger partial charge in [0, 0.05) is 42.9 Å². The first kappa shape index (κ1) is 26.9. The van der Waals surface area contributed by atoms with Gasteiger partial charge in [0.05, 0.1) is 19.1 Å². The monoisotopic (exact) mass is 540 g/mol. The third kappa shape index (κ3) is 6.65. The number of aromatic nitrogens is 3. The van der Waals surface area contributed by atoms with E-state index in [2.05, 4.69) is 31.6 Å². The van der Waals surface area contributed by atoms with Gasteiger partial charge < -0.3 is 25.0 Å². The first-order valence-corrected chi connectivity index (χ1v) is 13.1. The highest BCUT2D eigenvalue weighted by molar-refractivity contribution is 6.03. The van der Waals surface area contributed by atoms with Crippen molar-refractivity contribution in [1.82, 2.24) is 24.8 Å². The molecule has 0 aliphatic carbocycles. The van der Waals surface area contributed by atoms with E-state index in [4.69, 9.17) is 9.84 Å². The molecule has 0 radical (unpaired) electrons. The summed E-state index contributed by atoms with van der Waals surface area (Å²) in [5.74, 6) is 0.446. The van der Waals surface area contributed by atoms with E-state index in [0.717, 1.165) is 53.2 Å². The maximum atomic E-state index is 13.3. The Morgan fingerprint density at radius 2 is 1.90 bits per heavy atom. The molecule has 0 saturated carbocycles. The number of anilines is 1. The van der Waals surface area contributed by atoms with E-state index >= 15 is 0 Å². The molecule has 2 amide bonds. The van der Waals surface area contributed by atoms with Crippen molar-refractivity contribution in [3.8, 4) is 22.6 Å². The number of benzene rings is 2. The molecule has 1 saturated heterocycles. The number of rotatable bonds is 8. The molecule has 2 aromatic carbocycles. The summed E-state index contributed by atoms with van der Waals surface area (Å²) in [4.78, 5) is 35.3. The molecule has 3 heterocycles. The van der Waals surface area contributed by atoms with Crippen molar-refractivity contribution in [2.75, 3.05) is 25.5 Å². The fourth-order valence-corrected chi connectivity index (χ4v) is 5.01. The van der Waals surface area contributed by atoms with E-state index in [0.29, 0.717) is 24.5 Å². The van der Waals surface area contributed by atoms with Gasteiger partial charge in [0.1, 0.15) is 11.4 Å². The van der Waals surface area contributed by atoms with Crippen molar-refractivity contribution in [1.29, 1.82) is 0 Å². The SMILES string of the molecule is COc1ccc(-c2ccnc(C(=O)Nc3cc(CN4CCC[C@H](NC(=O)O)C4)cc(-n4cnc(C)c4)c3)c2)cc1. The number of nitrogens with zero attached hydrogens (tertiary/aromatic N) is 4. The van der Waals surface area contributed by atoms with E-state index in [1.165, 1.54) is 0 Å². The van der Waals surface area contributed by atoms with Gasteiger partial charge in [-0.2, -0.15) is 0 Å². The molecule has 1 fully saturated rings. The molecule has 10 nitrogen and oxygen atoms in total. The smallest absolute Gasteiger partial charge is 0.404 e. The summed E-state index contributed by atoms with van der Waals surface area (Å²) >= 11 is 0. The van der Waals surface area contributed by atoms with Crippen LogP contribution in [0.1, 0.15) is 34.6 Å². The Kier molecular flexibility index (Phi) is 8.07. The van der Waals surface area contributed by atoms with Gasteiger partial charge in [-0.25, -0.2) is 9.78 Å². The molecule has 3 N–H and O–H groups in total. The molecule has 0 bridgehead atoms. The van der Waals surface area contributed by atoms with E-state index in [9.17, 15) is 9.59 Å². The number of amides is 2. The Balaban J connectivity index is 1.38. The Hall–Kier alpha value is -4.70. The summed E-state index contributed by atoms with van der Waals surface area (Å²) in [5, 5.41) is 14.8. The summed E-state index contributed by atoms with van der Waals surface area (Å²) in [6.45, 7) is 4.04. The second-order valence-electron chi connectivity index (χ2n) is 9.95. The average molecular weight is 541 g/mol. The first-order chi connectivity index (χ1) is 19.4. The zero-order valence-electron chi connectivity index (χ0n) is 22.5. The lowest BCUT2D eigenvalue weighted by atomic mass is 10.0. The Labute approximate surface area is 232 Å². The number of carboxylic acid groups (broad SMARTS) is 1. The van der Waals surface area contributed by atoms with Gasteiger partial charge in [0.2, 0.25) is 0 Å². The Bertz CT molecular complexity index is 1500. The number of hydrogen-bond donors (Lipinski definition) is 3. The van der Waals surface area contributed by atoms with Gasteiger partial charge >= 0.3 is 6.09 Å². The van der Waals surface area contributed by atoms with Crippen LogP contribution >= 0.6 is 0 Å². The lowest BCUT2D eigenvalue weighted by Gasteiger charge is -2.32. The van der Waals surface area contributed by atoms with Crippen molar-refractivity contribution in [2.45, 2.75) is 32.4 Å². The predicted octanol–water partition coefficient (Wildman–Crippen LogP) is 4.74.